The van der Waals surface area contributed by atoms with Crippen LogP contribution in [0.25, 0.3) is 0 Å². The Balaban J connectivity index is 1.97. The fourth-order valence-electron chi connectivity index (χ4n) is 3.36. The summed E-state index contributed by atoms with van der Waals surface area (Å²) in [6.45, 7) is 2.33. The molecule has 3 nitrogen and oxygen atoms in total. The van der Waals surface area contributed by atoms with Crippen molar-refractivity contribution < 1.29 is 0 Å². The van der Waals surface area contributed by atoms with Gasteiger partial charge < -0.3 is 9.88 Å². The van der Waals surface area contributed by atoms with Gasteiger partial charge in [-0.2, -0.15) is 0 Å². The standard InChI is InChI=1S/C15H27N3/c1-4-12-6-5-7-13(10-12)14(16-2)11-15-17-8-9-18(15)3/h8-9,12-14,16H,4-7,10-11H2,1-3H3. The van der Waals surface area contributed by atoms with Crippen molar-refractivity contribution in [3.8, 4) is 0 Å². The molecule has 2 rings (SSSR count). The van der Waals surface area contributed by atoms with Crippen molar-refractivity contribution in [3.63, 3.8) is 0 Å². The van der Waals surface area contributed by atoms with Gasteiger partial charge in [0.15, 0.2) is 0 Å². The summed E-state index contributed by atoms with van der Waals surface area (Å²) < 4.78 is 2.14. The summed E-state index contributed by atoms with van der Waals surface area (Å²) in [6.07, 6.45) is 12.0. The van der Waals surface area contributed by atoms with Crippen molar-refractivity contribution in [2.24, 2.45) is 18.9 Å². The fraction of sp³-hybridized carbons (Fsp3) is 0.800. The third-order valence-electron chi connectivity index (χ3n) is 4.66. The average molecular weight is 249 g/mol. The van der Waals surface area contributed by atoms with E-state index in [1.165, 1.54) is 37.9 Å². The van der Waals surface area contributed by atoms with E-state index in [1.54, 1.807) is 0 Å². The molecule has 0 bridgehead atoms. The van der Waals surface area contributed by atoms with E-state index in [0.717, 1.165) is 18.3 Å². The molecule has 18 heavy (non-hydrogen) atoms. The van der Waals surface area contributed by atoms with Crippen molar-refractivity contribution in [1.82, 2.24) is 14.9 Å². The molecular formula is C15H27N3. The van der Waals surface area contributed by atoms with Crippen molar-refractivity contribution in [2.75, 3.05) is 7.05 Å². The number of aromatic nitrogens is 2. The number of imidazole rings is 1. The summed E-state index contributed by atoms with van der Waals surface area (Å²) in [6, 6.07) is 0.584. The van der Waals surface area contributed by atoms with Gasteiger partial charge in [-0.1, -0.05) is 26.2 Å². The number of aryl methyl sites for hydroxylation is 1. The van der Waals surface area contributed by atoms with Gasteiger partial charge in [0.05, 0.1) is 0 Å². The van der Waals surface area contributed by atoms with Gasteiger partial charge in [0.2, 0.25) is 0 Å². The minimum Gasteiger partial charge on any atom is -0.338 e. The van der Waals surface area contributed by atoms with Crippen molar-refractivity contribution in [3.05, 3.63) is 18.2 Å². The van der Waals surface area contributed by atoms with Crippen LogP contribution in [-0.2, 0) is 13.5 Å². The van der Waals surface area contributed by atoms with Gasteiger partial charge in [-0.15, -0.1) is 0 Å². The molecule has 3 atom stereocenters. The monoisotopic (exact) mass is 249 g/mol. The lowest BCUT2D eigenvalue weighted by molar-refractivity contribution is 0.211. The molecule has 1 aromatic heterocycles. The van der Waals surface area contributed by atoms with E-state index in [0.29, 0.717) is 6.04 Å². The molecule has 1 heterocycles. The van der Waals surface area contributed by atoms with Gasteiger partial charge in [0.1, 0.15) is 5.82 Å². The van der Waals surface area contributed by atoms with E-state index in [2.05, 4.69) is 35.9 Å². The van der Waals surface area contributed by atoms with Crippen LogP contribution in [-0.4, -0.2) is 22.6 Å². The zero-order chi connectivity index (χ0) is 13.0. The number of nitrogens with zero attached hydrogens (tertiary/aromatic N) is 2. The van der Waals surface area contributed by atoms with Crippen LogP contribution in [0, 0.1) is 11.8 Å². The van der Waals surface area contributed by atoms with Crippen LogP contribution in [0.3, 0.4) is 0 Å². The molecule has 1 fully saturated rings. The number of hydrogen-bond donors (Lipinski definition) is 1. The Morgan fingerprint density at radius 1 is 1.50 bits per heavy atom. The lowest BCUT2D eigenvalue weighted by atomic mass is 9.76. The lowest BCUT2D eigenvalue weighted by Gasteiger charge is -2.34. The number of likely N-dealkylation sites (N-methyl/N-ethyl adjacent to an activating group) is 1. The van der Waals surface area contributed by atoms with Crippen LogP contribution in [0.4, 0.5) is 0 Å². The van der Waals surface area contributed by atoms with Gasteiger partial charge in [-0.25, -0.2) is 4.98 Å². The Morgan fingerprint density at radius 2 is 2.33 bits per heavy atom. The Morgan fingerprint density at radius 3 is 2.94 bits per heavy atom. The van der Waals surface area contributed by atoms with E-state index in [9.17, 15) is 0 Å². The molecule has 0 amide bonds. The van der Waals surface area contributed by atoms with Crippen molar-refractivity contribution >= 4 is 0 Å². The molecule has 3 heteroatoms. The molecule has 0 spiro atoms. The van der Waals surface area contributed by atoms with Crippen LogP contribution in [0.1, 0.15) is 44.9 Å². The van der Waals surface area contributed by atoms with Gasteiger partial charge in [0, 0.05) is 31.9 Å². The predicted octanol–water partition coefficient (Wildman–Crippen LogP) is 2.77. The SMILES string of the molecule is CCC1CCCC(C(Cc2nccn2C)NC)C1. The molecule has 1 aliphatic carbocycles. The smallest absolute Gasteiger partial charge is 0.109 e. The molecule has 1 aliphatic rings. The molecule has 0 radical (unpaired) electrons. The minimum atomic E-state index is 0.584. The van der Waals surface area contributed by atoms with Gasteiger partial charge in [0.25, 0.3) is 0 Å². The van der Waals surface area contributed by atoms with Gasteiger partial charge >= 0.3 is 0 Å². The van der Waals surface area contributed by atoms with Gasteiger partial charge in [-0.3, -0.25) is 0 Å². The first-order valence-corrected chi connectivity index (χ1v) is 7.38. The van der Waals surface area contributed by atoms with Crippen LogP contribution in [0.2, 0.25) is 0 Å². The second kappa shape index (κ2) is 6.37. The third-order valence-corrected chi connectivity index (χ3v) is 4.66. The summed E-state index contributed by atoms with van der Waals surface area (Å²) in [5, 5.41) is 3.53. The number of nitrogens with one attached hydrogen (secondary N) is 1. The topological polar surface area (TPSA) is 29.9 Å². The quantitative estimate of drug-likeness (QED) is 0.869. The summed E-state index contributed by atoms with van der Waals surface area (Å²) in [7, 11) is 4.19. The highest BCUT2D eigenvalue weighted by Crippen LogP contribution is 2.33. The van der Waals surface area contributed by atoms with Gasteiger partial charge in [-0.05, 0) is 31.7 Å². The Labute approximate surface area is 111 Å². The van der Waals surface area contributed by atoms with Crippen LogP contribution in [0.15, 0.2) is 12.4 Å². The Kier molecular flexibility index (Phi) is 4.81. The highest BCUT2D eigenvalue weighted by Gasteiger charge is 2.27. The minimum absolute atomic E-state index is 0.584. The highest BCUT2D eigenvalue weighted by molar-refractivity contribution is 4.96. The maximum atomic E-state index is 4.46. The maximum absolute atomic E-state index is 4.46. The zero-order valence-corrected chi connectivity index (χ0v) is 12.0. The van der Waals surface area contributed by atoms with Crippen molar-refractivity contribution in [2.45, 2.75) is 51.5 Å². The molecule has 102 valence electrons. The van der Waals surface area contributed by atoms with E-state index < -0.39 is 0 Å². The Hall–Kier alpha value is -0.830. The second-order valence-electron chi connectivity index (χ2n) is 5.75. The number of rotatable bonds is 5. The van der Waals surface area contributed by atoms with E-state index >= 15 is 0 Å². The Bertz CT molecular complexity index is 358. The summed E-state index contributed by atoms with van der Waals surface area (Å²) in [5.74, 6) is 2.97. The van der Waals surface area contributed by atoms with Crippen LogP contribution >= 0.6 is 0 Å². The summed E-state index contributed by atoms with van der Waals surface area (Å²) >= 11 is 0. The lowest BCUT2D eigenvalue weighted by Crippen LogP contribution is -2.38. The normalized spacial score (nSPS) is 26.2. The highest BCUT2D eigenvalue weighted by atomic mass is 15.0. The molecule has 0 saturated heterocycles. The maximum Gasteiger partial charge on any atom is 0.109 e. The fourth-order valence-corrected chi connectivity index (χ4v) is 3.36. The molecule has 1 aromatic rings. The molecule has 1 saturated carbocycles. The largest absolute Gasteiger partial charge is 0.338 e. The number of hydrogen-bond acceptors (Lipinski definition) is 2. The van der Waals surface area contributed by atoms with Crippen LogP contribution in [0.5, 0.6) is 0 Å². The predicted molar refractivity (Wildman–Crippen MR) is 75.5 cm³/mol. The summed E-state index contributed by atoms with van der Waals surface area (Å²) in [4.78, 5) is 4.46. The van der Waals surface area contributed by atoms with Crippen LogP contribution < -0.4 is 5.32 Å². The first-order valence-electron chi connectivity index (χ1n) is 7.38. The molecular weight excluding hydrogens is 222 g/mol. The van der Waals surface area contributed by atoms with Crippen molar-refractivity contribution in [1.29, 1.82) is 0 Å². The summed E-state index contributed by atoms with van der Waals surface area (Å²) in [5.41, 5.74) is 0. The average Bonchev–Trinajstić information content (AvgIpc) is 2.81. The third kappa shape index (κ3) is 3.14. The first-order chi connectivity index (χ1) is 8.74. The molecule has 3 unspecified atom stereocenters. The molecule has 1 N–H and O–H groups in total. The first kappa shape index (κ1) is 13.6. The molecule has 0 aromatic carbocycles. The molecule has 0 aliphatic heterocycles. The van der Waals surface area contributed by atoms with E-state index in [4.69, 9.17) is 0 Å². The van der Waals surface area contributed by atoms with E-state index in [1.807, 2.05) is 12.4 Å². The zero-order valence-electron chi connectivity index (χ0n) is 12.0. The van der Waals surface area contributed by atoms with E-state index in [-0.39, 0.29) is 0 Å². The second-order valence-corrected chi connectivity index (χ2v) is 5.75.